The van der Waals surface area contributed by atoms with Crippen LogP contribution in [0.4, 0.5) is 0 Å². The molecule has 0 saturated heterocycles. The number of hydrogen-bond acceptors (Lipinski definition) is 3. The second kappa shape index (κ2) is 5.16. The number of hydrogen-bond donors (Lipinski definition) is 1. The van der Waals surface area contributed by atoms with Crippen molar-refractivity contribution in [2.24, 2.45) is 0 Å². The van der Waals surface area contributed by atoms with E-state index in [4.69, 9.17) is 5.26 Å². The molecule has 2 aromatic heterocycles. The van der Waals surface area contributed by atoms with Crippen LogP contribution in [-0.2, 0) is 13.2 Å². The Balaban J connectivity index is 2.10. The molecule has 20 heavy (non-hydrogen) atoms. The van der Waals surface area contributed by atoms with E-state index < -0.39 is 0 Å². The number of pyridine rings is 1. The van der Waals surface area contributed by atoms with E-state index in [1.54, 1.807) is 6.20 Å². The highest BCUT2D eigenvalue weighted by atomic mass is 16.3. The number of fused-ring (bicyclic) bond motifs is 1. The van der Waals surface area contributed by atoms with Crippen molar-refractivity contribution in [3.63, 3.8) is 0 Å². The maximum Gasteiger partial charge on any atom is 0.145 e. The van der Waals surface area contributed by atoms with Gasteiger partial charge in [-0.05, 0) is 17.5 Å². The molecule has 0 aliphatic rings. The second-order valence-corrected chi connectivity index (χ2v) is 4.58. The summed E-state index contributed by atoms with van der Waals surface area (Å²) in [5, 5.41) is 19.6. The molecule has 0 aliphatic heterocycles. The van der Waals surface area contributed by atoms with Crippen LogP contribution >= 0.6 is 0 Å². The SMILES string of the molecule is N#Cc1ncccc1Cn1ccc2cccc(CO)c21. The van der Waals surface area contributed by atoms with Gasteiger partial charge in [0.2, 0.25) is 0 Å². The minimum Gasteiger partial charge on any atom is -0.392 e. The van der Waals surface area contributed by atoms with Crippen LogP contribution in [0.25, 0.3) is 10.9 Å². The van der Waals surface area contributed by atoms with Crippen molar-refractivity contribution in [3.8, 4) is 6.07 Å². The summed E-state index contributed by atoms with van der Waals surface area (Å²) in [6.45, 7) is 0.566. The van der Waals surface area contributed by atoms with Gasteiger partial charge in [-0.2, -0.15) is 5.26 Å². The average molecular weight is 263 g/mol. The lowest BCUT2D eigenvalue weighted by Crippen LogP contribution is -2.03. The average Bonchev–Trinajstić information content (AvgIpc) is 2.91. The first-order valence-electron chi connectivity index (χ1n) is 6.35. The van der Waals surface area contributed by atoms with Crippen LogP contribution in [0, 0.1) is 11.3 Å². The summed E-state index contributed by atoms with van der Waals surface area (Å²) in [4.78, 5) is 4.08. The lowest BCUT2D eigenvalue weighted by molar-refractivity contribution is 0.283. The molecular formula is C16H13N3O. The van der Waals surface area contributed by atoms with Crippen molar-refractivity contribution in [2.75, 3.05) is 0 Å². The Morgan fingerprint density at radius 2 is 2.00 bits per heavy atom. The molecule has 4 heteroatoms. The first kappa shape index (κ1) is 12.4. The summed E-state index contributed by atoms with van der Waals surface area (Å²) >= 11 is 0. The molecule has 0 saturated carbocycles. The maximum atomic E-state index is 9.47. The summed E-state index contributed by atoms with van der Waals surface area (Å²) in [5.74, 6) is 0. The Labute approximate surface area is 116 Å². The number of aliphatic hydroxyl groups is 1. The molecule has 3 rings (SSSR count). The topological polar surface area (TPSA) is 61.8 Å². The Hall–Kier alpha value is -2.64. The summed E-state index contributed by atoms with van der Waals surface area (Å²) in [6, 6.07) is 13.7. The molecule has 3 aromatic rings. The smallest absolute Gasteiger partial charge is 0.145 e. The predicted octanol–water partition coefficient (Wildman–Crippen LogP) is 2.45. The van der Waals surface area contributed by atoms with Gasteiger partial charge < -0.3 is 9.67 Å². The van der Waals surface area contributed by atoms with E-state index in [1.807, 2.05) is 47.2 Å². The molecule has 2 heterocycles. The molecule has 0 bridgehead atoms. The van der Waals surface area contributed by atoms with Crippen molar-refractivity contribution in [1.82, 2.24) is 9.55 Å². The van der Waals surface area contributed by atoms with Gasteiger partial charge in [0.15, 0.2) is 0 Å². The number of benzene rings is 1. The highest BCUT2D eigenvalue weighted by molar-refractivity contribution is 5.83. The van der Waals surface area contributed by atoms with Gasteiger partial charge in [0.25, 0.3) is 0 Å². The van der Waals surface area contributed by atoms with E-state index in [9.17, 15) is 5.11 Å². The van der Waals surface area contributed by atoms with Crippen molar-refractivity contribution in [2.45, 2.75) is 13.2 Å². The molecule has 1 N–H and O–H groups in total. The normalized spacial score (nSPS) is 10.6. The van der Waals surface area contributed by atoms with Gasteiger partial charge >= 0.3 is 0 Å². The molecule has 0 aliphatic carbocycles. The van der Waals surface area contributed by atoms with E-state index in [2.05, 4.69) is 11.1 Å². The largest absolute Gasteiger partial charge is 0.392 e. The van der Waals surface area contributed by atoms with Crippen LogP contribution < -0.4 is 0 Å². The Morgan fingerprint density at radius 3 is 2.80 bits per heavy atom. The van der Waals surface area contributed by atoms with Gasteiger partial charge in [-0.15, -0.1) is 0 Å². The Morgan fingerprint density at radius 1 is 1.15 bits per heavy atom. The van der Waals surface area contributed by atoms with Crippen LogP contribution in [0.2, 0.25) is 0 Å². The van der Waals surface area contributed by atoms with E-state index in [-0.39, 0.29) is 6.61 Å². The van der Waals surface area contributed by atoms with Gasteiger partial charge in [-0.25, -0.2) is 4.98 Å². The number of nitrogens with zero attached hydrogens (tertiary/aromatic N) is 3. The lowest BCUT2D eigenvalue weighted by Gasteiger charge is -2.09. The fourth-order valence-electron chi connectivity index (χ4n) is 2.45. The summed E-state index contributed by atoms with van der Waals surface area (Å²) in [6.07, 6.45) is 3.59. The zero-order chi connectivity index (χ0) is 13.9. The molecule has 0 fully saturated rings. The van der Waals surface area contributed by atoms with Gasteiger partial charge in [0.05, 0.1) is 18.7 Å². The zero-order valence-corrected chi connectivity index (χ0v) is 10.8. The third-order valence-electron chi connectivity index (χ3n) is 3.38. The van der Waals surface area contributed by atoms with Gasteiger partial charge in [-0.1, -0.05) is 24.3 Å². The minimum absolute atomic E-state index is 0.000496. The number of nitriles is 1. The second-order valence-electron chi connectivity index (χ2n) is 4.58. The van der Waals surface area contributed by atoms with Gasteiger partial charge in [0.1, 0.15) is 11.8 Å². The van der Waals surface area contributed by atoms with Crippen LogP contribution in [0.5, 0.6) is 0 Å². The third kappa shape index (κ3) is 2.04. The minimum atomic E-state index is -0.000496. The molecular weight excluding hydrogens is 250 g/mol. The molecule has 0 atom stereocenters. The fraction of sp³-hybridized carbons (Fsp3) is 0.125. The standard InChI is InChI=1S/C16H13N3O/c17-9-15-13(5-2-7-18-15)10-19-8-6-12-3-1-4-14(11-20)16(12)19/h1-8,20H,10-11H2. The molecule has 0 spiro atoms. The Kier molecular flexibility index (Phi) is 3.20. The van der Waals surface area contributed by atoms with E-state index in [0.29, 0.717) is 12.2 Å². The first-order chi connectivity index (χ1) is 9.83. The van der Waals surface area contributed by atoms with E-state index in [0.717, 1.165) is 22.0 Å². The maximum absolute atomic E-state index is 9.47. The summed E-state index contributed by atoms with van der Waals surface area (Å²) in [7, 11) is 0. The lowest BCUT2D eigenvalue weighted by atomic mass is 10.1. The summed E-state index contributed by atoms with van der Waals surface area (Å²) < 4.78 is 2.04. The molecule has 0 amide bonds. The quantitative estimate of drug-likeness (QED) is 0.789. The molecule has 0 unspecified atom stereocenters. The molecule has 98 valence electrons. The van der Waals surface area contributed by atoms with Crippen molar-refractivity contribution in [3.05, 3.63) is 65.6 Å². The predicted molar refractivity (Wildman–Crippen MR) is 75.9 cm³/mol. The fourth-order valence-corrected chi connectivity index (χ4v) is 2.45. The van der Waals surface area contributed by atoms with E-state index >= 15 is 0 Å². The monoisotopic (exact) mass is 263 g/mol. The van der Waals surface area contributed by atoms with Crippen molar-refractivity contribution in [1.29, 1.82) is 5.26 Å². The van der Waals surface area contributed by atoms with Crippen LogP contribution in [0.3, 0.4) is 0 Å². The molecule has 0 radical (unpaired) electrons. The van der Waals surface area contributed by atoms with Crippen molar-refractivity contribution >= 4 is 10.9 Å². The van der Waals surface area contributed by atoms with E-state index in [1.165, 1.54) is 0 Å². The number of aromatic nitrogens is 2. The van der Waals surface area contributed by atoms with Crippen LogP contribution in [0.15, 0.2) is 48.8 Å². The zero-order valence-electron chi connectivity index (χ0n) is 10.8. The first-order valence-corrected chi connectivity index (χ1v) is 6.35. The number of aliphatic hydroxyl groups excluding tert-OH is 1. The highest BCUT2D eigenvalue weighted by Crippen LogP contribution is 2.22. The number of para-hydroxylation sites is 1. The van der Waals surface area contributed by atoms with Crippen molar-refractivity contribution < 1.29 is 5.11 Å². The highest BCUT2D eigenvalue weighted by Gasteiger charge is 2.08. The van der Waals surface area contributed by atoms with Gasteiger partial charge in [-0.3, -0.25) is 0 Å². The number of rotatable bonds is 3. The van der Waals surface area contributed by atoms with Crippen LogP contribution in [-0.4, -0.2) is 14.7 Å². The van der Waals surface area contributed by atoms with Gasteiger partial charge in [0, 0.05) is 23.5 Å². The summed E-state index contributed by atoms with van der Waals surface area (Å²) in [5.41, 5.74) is 3.20. The molecule has 1 aromatic carbocycles. The van der Waals surface area contributed by atoms with Crippen LogP contribution in [0.1, 0.15) is 16.8 Å². The Bertz CT molecular complexity index is 799. The molecule has 4 nitrogen and oxygen atoms in total. The third-order valence-corrected chi connectivity index (χ3v) is 3.38.